The molecule has 0 saturated carbocycles. The van der Waals surface area contributed by atoms with E-state index in [1.807, 2.05) is 38.1 Å². The van der Waals surface area contributed by atoms with E-state index < -0.39 is 0 Å². The molecule has 0 aliphatic carbocycles. The molecule has 2 aromatic carbocycles. The van der Waals surface area contributed by atoms with Gasteiger partial charge < -0.3 is 22.9 Å². The van der Waals surface area contributed by atoms with Crippen LogP contribution in [0.15, 0.2) is 24.3 Å². The molecule has 0 heterocycles. The van der Waals surface area contributed by atoms with Gasteiger partial charge in [0.25, 0.3) is 0 Å². The summed E-state index contributed by atoms with van der Waals surface area (Å²) >= 11 is 0. The van der Waals surface area contributed by atoms with Crippen molar-refractivity contribution in [3.05, 3.63) is 35.4 Å². The third-order valence-electron chi connectivity index (χ3n) is 3.17. The summed E-state index contributed by atoms with van der Waals surface area (Å²) in [7, 11) is 0. The van der Waals surface area contributed by atoms with Crippen LogP contribution >= 0.6 is 0 Å². The fourth-order valence-electron chi connectivity index (χ4n) is 2.01. The molecule has 0 aliphatic rings. The second-order valence-electron chi connectivity index (χ2n) is 4.59. The number of aryl methyl sites for hydroxylation is 2. The summed E-state index contributed by atoms with van der Waals surface area (Å²) in [5.41, 5.74) is 29.7. The highest BCUT2D eigenvalue weighted by Gasteiger charge is 2.07. The lowest BCUT2D eigenvalue weighted by molar-refractivity contribution is 1.39. The van der Waals surface area contributed by atoms with E-state index in [0.29, 0.717) is 17.1 Å². The first-order chi connectivity index (χ1) is 8.40. The maximum absolute atomic E-state index is 5.94. The van der Waals surface area contributed by atoms with E-state index in [2.05, 4.69) is 0 Å². The molecule has 18 heavy (non-hydrogen) atoms. The minimum absolute atomic E-state index is 0.433. The molecule has 0 unspecified atom stereocenters. The Morgan fingerprint density at radius 3 is 1.44 bits per heavy atom. The van der Waals surface area contributed by atoms with Crippen molar-refractivity contribution >= 4 is 22.7 Å². The van der Waals surface area contributed by atoms with Gasteiger partial charge in [-0.1, -0.05) is 0 Å². The van der Waals surface area contributed by atoms with Gasteiger partial charge >= 0.3 is 0 Å². The fraction of sp³-hybridized carbons (Fsp3) is 0.143. The van der Waals surface area contributed by atoms with Crippen LogP contribution in [0.1, 0.15) is 11.1 Å². The summed E-state index contributed by atoms with van der Waals surface area (Å²) in [6, 6.07) is 7.70. The summed E-state index contributed by atoms with van der Waals surface area (Å²) in [6.45, 7) is 3.96. The van der Waals surface area contributed by atoms with Gasteiger partial charge in [-0.05, 0) is 60.4 Å². The van der Waals surface area contributed by atoms with Crippen LogP contribution in [0.3, 0.4) is 0 Å². The van der Waals surface area contributed by atoms with E-state index in [-0.39, 0.29) is 0 Å². The summed E-state index contributed by atoms with van der Waals surface area (Å²) in [4.78, 5) is 0. The van der Waals surface area contributed by atoms with Crippen LogP contribution in [0, 0.1) is 13.8 Å². The molecule has 0 aromatic heterocycles. The lowest BCUT2D eigenvalue weighted by Crippen LogP contribution is -2.01. The van der Waals surface area contributed by atoms with Gasteiger partial charge in [-0.3, -0.25) is 0 Å². The van der Waals surface area contributed by atoms with E-state index in [0.717, 1.165) is 27.9 Å². The van der Waals surface area contributed by atoms with Crippen molar-refractivity contribution in [2.45, 2.75) is 13.8 Å². The van der Waals surface area contributed by atoms with Crippen LogP contribution in [-0.4, -0.2) is 0 Å². The highest BCUT2D eigenvalue weighted by atomic mass is 14.7. The zero-order chi connectivity index (χ0) is 13.4. The Balaban J connectivity index is 2.63. The Labute approximate surface area is 107 Å². The monoisotopic (exact) mass is 242 g/mol. The van der Waals surface area contributed by atoms with E-state index in [9.17, 15) is 0 Å². The van der Waals surface area contributed by atoms with Gasteiger partial charge in [0.15, 0.2) is 0 Å². The van der Waals surface area contributed by atoms with Gasteiger partial charge in [0.1, 0.15) is 0 Å². The van der Waals surface area contributed by atoms with Crippen LogP contribution < -0.4 is 22.9 Å². The lowest BCUT2D eigenvalue weighted by atomic mass is 9.98. The Hall–Kier alpha value is -2.36. The van der Waals surface area contributed by atoms with Crippen LogP contribution in [0.4, 0.5) is 22.7 Å². The van der Waals surface area contributed by atoms with E-state index >= 15 is 0 Å². The number of hydrogen-bond donors (Lipinski definition) is 4. The molecular weight excluding hydrogens is 224 g/mol. The van der Waals surface area contributed by atoms with Gasteiger partial charge in [0.2, 0.25) is 0 Å². The van der Waals surface area contributed by atoms with E-state index in [4.69, 9.17) is 22.9 Å². The summed E-state index contributed by atoms with van der Waals surface area (Å²) in [5, 5.41) is 0. The first-order valence-electron chi connectivity index (χ1n) is 5.71. The second-order valence-corrected chi connectivity index (χ2v) is 4.59. The lowest BCUT2D eigenvalue weighted by Gasteiger charge is -2.12. The quantitative estimate of drug-likeness (QED) is 0.576. The van der Waals surface area contributed by atoms with Gasteiger partial charge in [-0.2, -0.15) is 0 Å². The number of nitrogen functional groups attached to an aromatic ring is 4. The largest absolute Gasteiger partial charge is 0.398 e. The summed E-state index contributed by atoms with van der Waals surface area (Å²) in [5.74, 6) is 0. The molecule has 0 bridgehead atoms. The van der Waals surface area contributed by atoms with Crippen molar-refractivity contribution in [3.8, 4) is 11.1 Å². The number of hydrogen-bond acceptors (Lipinski definition) is 4. The van der Waals surface area contributed by atoms with Gasteiger partial charge in [0, 0.05) is 5.69 Å². The molecule has 0 spiro atoms. The van der Waals surface area contributed by atoms with Gasteiger partial charge in [0.05, 0.1) is 17.1 Å². The average molecular weight is 242 g/mol. The van der Waals surface area contributed by atoms with Crippen LogP contribution in [0.25, 0.3) is 11.1 Å². The molecule has 2 rings (SSSR count). The number of rotatable bonds is 1. The Bertz CT molecular complexity index is 516. The van der Waals surface area contributed by atoms with Crippen molar-refractivity contribution < 1.29 is 0 Å². The van der Waals surface area contributed by atoms with Crippen LogP contribution in [0.2, 0.25) is 0 Å². The van der Waals surface area contributed by atoms with Crippen molar-refractivity contribution in [2.75, 3.05) is 22.9 Å². The molecule has 4 nitrogen and oxygen atoms in total. The van der Waals surface area contributed by atoms with Crippen LogP contribution in [-0.2, 0) is 0 Å². The maximum Gasteiger partial charge on any atom is 0.0781 e. The fourth-order valence-corrected chi connectivity index (χ4v) is 2.01. The number of anilines is 4. The summed E-state index contributed by atoms with van der Waals surface area (Å²) < 4.78 is 0. The second kappa shape index (κ2) is 4.14. The minimum Gasteiger partial charge on any atom is -0.398 e. The summed E-state index contributed by atoms with van der Waals surface area (Å²) in [6.07, 6.45) is 0. The molecule has 0 radical (unpaired) electrons. The third kappa shape index (κ3) is 1.93. The normalized spacial score (nSPS) is 10.6. The highest BCUT2D eigenvalue weighted by molar-refractivity contribution is 5.85. The smallest absolute Gasteiger partial charge is 0.0781 e. The Morgan fingerprint density at radius 1 is 0.611 bits per heavy atom. The predicted molar refractivity (Wildman–Crippen MR) is 79.0 cm³/mol. The number of benzene rings is 2. The third-order valence-corrected chi connectivity index (χ3v) is 3.17. The zero-order valence-corrected chi connectivity index (χ0v) is 10.6. The number of nitrogens with two attached hydrogens (primary N) is 4. The molecule has 0 fully saturated rings. The predicted octanol–water partition coefficient (Wildman–Crippen LogP) is 2.30. The standard InChI is InChI=1S/C14H18N4/c1-7-3-9(4-8(2)13(7)17)10-5-11(15)14(18)12(16)6-10/h3-6H,15-18H2,1-2H3. The first kappa shape index (κ1) is 12.1. The minimum atomic E-state index is 0.433. The Kier molecular flexibility index (Phi) is 2.79. The van der Waals surface area contributed by atoms with Gasteiger partial charge in [-0.25, -0.2) is 0 Å². The molecule has 94 valence electrons. The van der Waals surface area contributed by atoms with Crippen molar-refractivity contribution in [1.82, 2.24) is 0 Å². The van der Waals surface area contributed by atoms with Crippen molar-refractivity contribution in [1.29, 1.82) is 0 Å². The highest BCUT2D eigenvalue weighted by Crippen LogP contribution is 2.32. The van der Waals surface area contributed by atoms with E-state index in [1.54, 1.807) is 0 Å². The average Bonchev–Trinajstić information content (AvgIpc) is 2.31. The molecule has 8 N–H and O–H groups in total. The molecule has 0 saturated heterocycles. The Morgan fingerprint density at radius 2 is 1.00 bits per heavy atom. The molecule has 0 aliphatic heterocycles. The molecular formula is C14H18N4. The van der Waals surface area contributed by atoms with Crippen LogP contribution in [0.5, 0.6) is 0 Å². The molecule has 2 aromatic rings. The topological polar surface area (TPSA) is 104 Å². The van der Waals surface area contributed by atoms with E-state index in [1.165, 1.54) is 0 Å². The zero-order valence-electron chi connectivity index (χ0n) is 10.6. The first-order valence-corrected chi connectivity index (χ1v) is 5.71. The van der Waals surface area contributed by atoms with Crippen molar-refractivity contribution in [3.63, 3.8) is 0 Å². The maximum atomic E-state index is 5.94. The van der Waals surface area contributed by atoms with Gasteiger partial charge in [-0.15, -0.1) is 0 Å². The molecule has 0 amide bonds. The molecule has 4 heteroatoms. The SMILES string of the molecule is Cc1cc(-c2cc(N)c(N)c(N)c2)cc(C)c1N. The van der Waals surface area contributed by atoms with Crippen molar-refractivity contribution in [2.24, 2.45) is 0 Å². The molecule has 0 atom stereocenters.